The van der Waals surface area contributed by atoms with Gasteiger partial charge >= 0.3 is 0 Å². The summed E-state index contributed by atoms with van der Waals surface area (Å²) in [5, 5.41) is 3.13. The SMILES string of the molecule is CCCc1c(CCC)c(CC)c2c(CC)cccc2c1CCC. The number of fused-ring (bicyclic) bond motifs is 1. The van der Waals surface area contributed by atoms with Gasteiger partial charge in [0.1, 0.15) is 0 Å². The molecule has 0 radical (unpaired) electrons. The Morgan fingerprint density at radius 1 is 0.609 bits per heavy atom. The van der Waals surface area contributed by atoms with Crippen molar-refractivity contribution in [1.82, 2.24) is 0 Å². The smallest absolute Gasteiger partial charge is 0.0114 e. The molecule has 0 saturated carbocycles. The predicted molar refractivity (Wildman–Crippen MR) is 105 cm³/mol. The van der Waals surface area contributed by atoms with Gasteiger partial charge in [0.25, 0.3) is 0 Å². The Morgan fingerprint density at radius 2 is 1.17 bits per heavy atom. The van der Waals surface area contributed by atoms with Crippen LogP contribution in [-0.4, -0.2) is 0 Å². The fourth-order valence-corrected chi connectivity index (χ4v) is 4.21. The minimum atomic E-state index is 1.13. The van der Waals surface area contributed by atoms with Crippen LogP contribution in [0.5, 0.6) is 0 Å². The molecule has 2 aromatic carbocycles. The third-order valence-electron chi connectivity index (χ3n) is 5.10. The molecule has 2 rings (SSSR count). The monoisotopic (exact) mass is 310 g/mol. The van der Waals surface area contributed by atoms with Crippen molar-refractivity contribution in [2.75, 3.05) is 0 Å². The largest absolute Gasteiger partial charge is 0.0651 e. The van der Waals surface area contributed by atoms with E-state index in [1.54, 1.807) is 33.0 Å². The molecule has 0 aliphatic carbocycles. The van der Waals surface area contributed by atoms with Gasteiger partial charge in [-0.05, 0) is 70.7 Å². The van der Waals surface area contributed by atoms with Crippen LogP contribution < -0.4 is 0 Å². The van der Waals surface area contributed by atoms with E-state index in [-0.39, 0.29) is 0 Å². The first-order valence-electron chi connectivity index (χ1n) is 9.80. The highest BCUT2D eigenvalue weighted by Crippen LogP contribution is 2.36. The second-order valence-electron chi connectivity index (χ2n) is 6.71. The summed E-state index contributed by atoms with van der Waals surface area (Å²) in [6.45, 7) is 11.6. The standard InChI is InChI=1S/C23H34/c1-6-12-19-18(10-5)23-17(9-4)15-11-16-22(23)21(14-8-3)20(19)13-7-2/h11,15-16H,6-10,12-14H2,1-5H3. The van der Waals surface area contributed by atoms with E-state index in [1.807, 2.05) is 0 Å². The molecule has 0 heterocycles. The van der Waals surface area contributed by atoms with Gasteiger partial charge in [-0.15, -0.1) is 0 Å². The van der Waals surface area contributed by atoms with Crippen LogP contribution in [0.25, 0.3) is 10.8 Å². The first-order chi connectivity index (χ1) is 11.2. The fourth-order valence-electron chi connectivity index (χ4n) is 4.21. The van der Waals surface area contributed by atoms with Gasteiger partial charge in [0, 0.05) is 0 Å². The lowest BCUT2D eigenvalue weighted by atomic mass is 9.81. The summed E-state index contributed by atoms with van der Waals surface area (Å²) >= 11 is 0. The van der Waals surface area contributed by atoms with E-state index >= 15 is 0 Å². The topological polar surface area (TPSA) is 0 Å². The average Bonchev–Trinajstić information content (AvgIpc) is 2.57. The van der Waals surface area contributed by atoms with Gasteiger partial charge in [-0.2, -0.15) is 0 Å². The summed E-state index contributed by atoms with van der Waals surface area (Å²) in [5.41, 5.74) is 8.21. The molecule has 0 aliphatic rings. The van der Waals surface area contributed by atoms with Crippen molar-refractivity contribution in [3.8, 4) is 0 Å². The van der Waals surface area contributed by atoms with Gasteiger partial charge in [-0.1, -0.05) is 72.1 Å². The van der Waals surface area contributed by atoms with Crippen molar-refractivity contribution < 1.29 is 0 Å². The molecule has 23 heavy (non-hydrogen) atoms. The summed E-state index contributed by atoms with van der Waals surface area (Å²) in [7, 11) is 0. The molecule has 0 nitrogen and oxygen atoms in total. The van der Waals surface area contributed by atoms with Crippen molar-refractivity contribution in [3.63, 3.8) is 0 Å². The minimum Gasteiger partial charge on any atom is -0.0651 e. The number of rotatable bonds is 8. The van der Waals surface area contributed by atoms with Gasteiger partial charge in [-0.25, -0.2) is 0 Å². The maximum absolute atomic E-state index is 2.38. The Morgan fingerprint density at radius 3 is 1.70 bits per heavy atom. The average molecular weight is 311 g/mol. The third-order valence-corrected chi connectivity index (χ3v) is 5.10. The van der Waals surface area contributed by atoms with E-state index in [9.17, 15) is 0 Å². The molecule has 2 aromatic rings. The van der Waals surface area contributed by atoms with Crippen molar-refractivity contribution in [3.05, 3.63) is 46.0 Å². The molecule has 126 valence electrons. The van der Waals surface area contributed by atoms with Crippen molar-refractivity contribution in [2.45, 2.75) is 86.0 Å². The second-order valence-corrected chi connectivity index (χ2v) is 6.71. The van der Waals surface area contributed by atoms with E-state index in [2.05, 4.69) is 52.8 Å². The predicted octanol–water partition coefficient (Wildman–Crippen LogP) is 6.82. The molecule has 0 amide bonds. The maximum atomic E-state index is 2.38. The van der Waals surface area contributed by atoms with E-state index in [4.69, 9.17) is 0 Å². The molecule has 0 atom stereocenters. The van der Waals surface area contributed by atoms with E-state index < -0.39 is 0 Å². The van der Waals surface area contributed by atoms with E-state index in [1.165, 1.54) is 44.1 Å². The lowest BCUT2D eigenvalue weighted by Crippen LogP contribution is -2.08. The van der Waals surface area contributed by atoms with E-state index in [0.29, 0.717) is 0 Å². The molecule has 0 bridgehead atoms. The van der Waals surface area contributed by atoms with Crippen molar-refractivity contribution >= 4 is 10.8 Å². The van der Waals surface area contributed by atoms with Crippen LogP contribution in [0.15, 0.2) is 18.2 Å². The van der Waals surface area contributed by atoms with Gasteiger partial charge in [0.2, 0.25) is 0 Å². The van der Waals surface area contributed by atoms with Crippen LogP contribution in [0.1, 0.15) is 81.7 Å². The normalized spacial score (nSPS) is 11.3. The zero-order valence-electron chi connectivity index (χ0n) is 15.9. The van der Waals surface area contributed by atoms with Crippen LogP contribution >= 0.6 is 0 Å². The highest BCUT2D eigenvalue weighted by molar-refractivity contribution is 5.94. The van der Waals surface area contributed by atoms with Crippen LogP contribution in [0.3, 0.4) is 0 Å². The van der Waals surface area contributed by atoms with Crippen LogP contribution in [0.4, 0.5) is 0 Å². The molecule has 0 aliphatic heterocycles. The molecule has 0 heteroatoms. The molecule has 0 N–H and O–H groups in total. The first-order valence-corrected chi connectivity index (χ1v) is 9.80. The highest BCUT2D eigenvalue weighted by Gasteiger charge is 2.18. The fraction of sp³-hybridized carbons (Fsp3) is 0.565. The van der Waals surface area contributed by atoms with Gasteiger partial charge in [-0.3, -0.25) is 0 Å². The first kappa shape index (κ1) is 18.0. The summed E-state index contributed by atoms with van der Waals surface area (Å²) in [4.78, 5) is 0. The Kier molecular flexibility index (Phi) is 6.69. The third kappa shape index (κ3) is 3.47. The minimum absolute atomic E-state index is 1.13. The van der Waals surface area contributed by atoms with Crippen LogP contribution in [0.2, 0.25) is 0 Å². The van der Waals surface area contributed by atoms with Gasteiger partial charge in [0.05, 0.1) is 0 Å². The Balaban J connectivity index is 2.93. The molecular formula is C23H34. The molecule has 0 saturated heterocycles. The number of hydrogen-bond acceptors (Lipinski definition) is 0. The zero-order chi connectivity index (χ0) is 16.8. The number of benzene rings is 2. The summed E-state index contributed by atoms with van der Waals surface area (Å²) in [6, 6.07) is 6.99. The van der Waals surface area contributed by atoms with Crippen LogP contribution in [-0.2, 0) is 32.1 Å². The highest BCUT2D eigenvalue weighted by atomic mass is 14.2. The Hall–Kier alpha value is -1.30. The lowest BCUT2D eigenvalue weighted by Gasteiger charge is -2.23. The van der Waals surface area contributed by atoms with Crippen molar-refractivity contribution in [1.29, 1.82) is 0 Å². The summed E-state index contributed by atoms with van der Waals surface area (Å²) in [6.07, 6.45) is 9.72. The summed E-state index contributed by atoms with van der Waals surface area (Å²) < 4.78 is 0. The number of aryl methyl sites for hydroxylation is 3. The van der Waals surface area contributed by atoms with Crippen LogP contribution in [0, 0.1) is 0 Å². The second kappa shape index (κ2) is 8.52. The number of hydrogen-bond donors (Lipinski definition) is 0. The molecular weight excluding hydrogens is 276 g/mol. The Labute approximate surface area is 143 Å². The quantitative estimate of drug-likeness (QED) is 0.501. The summed E-state index contributed by atoms with van der Waals surface area (Å²) in [5.74, 6) is 0. The van der Waals surface area contributed by atoms with Crippen molar-refractivity contribution in [2.24, 2.45) is 0 Å². The molecule has 0 aromatic heterocycles. The molecule has 0 spiro atoms. The van der Waals surface area contributed by atoms with E-state index in [0.717, 1.165) is 12.8 Å². The Bertz CT molecular complexity index is 649. The molecule has 0 unspecified atom stereocenters. The van der Waals surface area contributed by atoms with Gasteiger partial charge in [0.15, 0.2) is 0 Å². The lowest BCUT2D eigenvalue weighted by molar-refractivity contribution is 0.821. The maximum Gasteiger partial charge on any atom is -0.0114 e. The zero-order valence-corrected chi connectivity index (χ0v) is 15.9. The molecule has 0 fully saturated rings. The van der Waals surface area contributed by atoms with Gasteiger partial charge < -0.3 is 0 Å².